The molecule has 1 N–H and O–H groups in total. The standard InChI is InChI=1S/C12H20F2N2O2/c1-11(2,3)18-10(17)16-6-12(7-16)8(13)4-15-5-9(12)14/h8-9,15H,4-7H2,1-3H3. The van der Waals surface area contributed by atoms with Crippen LogP contribution >= 0.6 is 0 Å². The monoisotopic (exact) mass is 262 g/mol. The van der Waals surface area contributed by atoms with E-state index >= 15 is 0 Å². The number of alkyl halides is 2. The predicted molar refractivity (Wildman–Crippen MR) is 62.9 cm³/mol. The van der Waals surface area contributed by atoms with E-state index in [9.17, 15) is 13.6 Å². The van der Waals surface area contributed by atoms with Crippen molar-refractivity contribution in [3.63, 3.8) is 0 Å². The van der Waals surface area contributed by atoms with Gasteiger partial charge >= 0.3 is 6.09 Å². The topological polar surface area (TPSA) is 41.6 Å². The first-order valence-corrected chi connectivity index (χ1v) is 6.21. The Bertz CT molecular complexity index is 325. The molecule has 1 spiro atoms. The lowest BCUT2D eigenvalue weighted by molar-refractivity contribution is -0.119. The fourth-order valence-corrected chi connectivity index (χ4v) is 2.46. The van der Waals surface area contributed by atoms with Gasteiger partial charge in [0.2, 0.25) is 0 Å². The molecule has 0 saturated carbocycles. The lowest BCUT2D eigenvalue weighted by Crippen LogP contribution is -2.71. The normalized spacial score (nSPS) is 31.1. The van der Waals surface area contributed by atoms with E-state index in [1.54, 1.807) is 20.8 Å². The van der Waals surface area contributed by atoms with Crippen molar-refractivity contribution in [3.05, 3.63) is 0 Å². The molecule has 0 aromatic rings. The summed E-state index contributed by atoms with van der Waals surface area (Å²) in [5.41, 5.74) is -1.61. The van der Waals surface area contributed by atoms with Gasteiger partial charge in [-0.2, -0.15) is 0 Å². The number of carbonyl (C=O) groups excluding carboxylic acids is 1. The molecule has 2 unspecified atom stereocenters. The van der Waals surface area contributed by atoms with Crippen molar-refractivity contribution in [2.45, 2.75) is 38.7 Å². The van der Waals surface area contributed by atoms with Gasteiger partial charge in [-0.3, -0.25) is 0 Å². The molecule has 6 heteroatoms. The van der Waals surface area contributed by atoms with E-state index in [0.717, 1.165) is 0 Å². The van der Waals surface area contributed by atoms with E-state index < -0.39 is 29.5 Å². The Morgan fingerprint density at radius 1 is 1.28 bits per heavy atom. The Labute approximate surface area is 106 Å². The molecule has 2 atom stereocenters. The summed E-state index contributed by atoms with van der Waals surface area (Å²) >= 11 is 0. The zero-order valence-electron chi connectivity index (χ0n) is 11.0. The second-order valence-electron chi connectivity index (χ2n) is 6.16. The maximum Gasteiger partial charge on any atom is 0.410 e. The van der Waals surface area contributed by atoms with Gasteiger partial charge in [-0.25, -0.2) is 13.6 Å². The maximum atomic E-state index is 13.8. The average Bonchev–Trinajstić information content (AvgIpc) is 2.11. The summed E-state index contributed by atoms with van der Waals surface area (Å²) in [6, 6.07) is 0. The third-order valence-corrected chi connectivity index (χ3v) is 3.52. The van der Waals surface area contributed by atoms with Gasteiger partial charge in [-0.15, -0.1) is 0 Å². The van der Waals surface area contributed by atoms with Crippen molar-refractivity contribution in [3.8, 4) is 0 Å². The zero-order valence-corrected chi connectivity index (χ0v) is 11.0. The van der Waals surface area contributed by atoms with Gasteiger partial charge in [0.15, 0.2) is 0 Å². The van der Waals surface area contributed by atoms with Gasteiger partial charge in [-0.05, 0) is 20.8 Å². The van der Waals surface area contributed by atoms with Gasteiger partial charge < -0.3 is 15.0 Å². The fourth-order valence-electron chi connectivity index (χ4n) is 2.46. The molecule has 18 heavy (non-hydrogen) atoms. The predicted octanol–water partition coefficient (Wildman–Crippen LogP) is 1.50. The van der Waals surface area contributed by atoms with Crippen LogP contribution in [0.1, 0.15) is 20.8 Å². The first-order chi connectivity index (χ1) is 8.24. The molecule has 4 nitrogen and oxygen atoms in total. The summed E-state index contributed by atoms with van der Waals surface area (Å²) < 4.78 is 32.8. The van der Waals surface area contributed by atoms with Crippen molar-refractivity contribution in [1.29, 1.82) is 0 Å². The molecule has 0 aromatic heterocycles. The van der Waals surface area contributed by atoms with Gasteiger partial charge in [0.25, 0.3) is 0 Å². The number of likely N-dealkylation sites (tertiary alicyclic amines) is 1. The van der Waals surface area contributed by atoms with Crippen molar-refractivity contribution >= 4 is 6.09 Å². The Morgan fingerprint density at radius 3 is 2.22 bits per heavy atom. The lowest BCUT2D eigenvalue weighted by atomic mass is 9.70. The highest BCUT2D eigenvalue weighted by molar-refractivity contribution is 5.69. The van der Waals surface area contributed by atoms with Crippen molar-refractivity contribution in [1.82, 2.24) is 10.2 Å². The van der Waals surface area contributed by atoms with Crippen LogP contribution in [0.3, 0.4) is 0 Å². The van der Waals surface area contributed by atoms with E-state index in [2.05, 4.69) is 5.32 Å². The summed E-state index contributed by atoms with van der Waals surface area (Å²) in [6.45, 7) is 5.81. The number of nitrogens with zero attached hydrogens (tertiary/aromatic N) is 1. The van der Waals surface area contributed by atoms with Crippen molar-refractivity contribution < 1.29 is 18.3 Å². The van der Waals surface area contributed by atoms with Crippen LogP contribution in [0.15, 0.2) is 0 Å². The van der Waals surface area contributed by atoms with Gasteiger partial charge in [0.05, 0.1) is 5.41 Å². The molecular weight excluding hydrogens is 242 g/mol. The fraction of sp³-hybridized carbons (Fsp3) is 0.917. The third-order valence-electron chi connectivity index (χ3n) is 3.52. The molecule has 0 aromatic carbocycles. The summed E-state index contributed by atoms with van der Waals surface area (Å²) in [6.07, 6.45) is -2.99. The SMILES string of the molecule is CC(C)(C)OC(=O)N1CC2(C1)C(F)CNCC2F. The Kier molecular flexibility index (Phi) is 3.25. The van der Waals surface area contributed by atoms with Crippen LogP contribution in [-0.2, 0) is 4.74 Å². The van der Waals surface area contributed by atoms with Crippen molar-refractivity contribution in [2.24, 2.45) is 5.41 Å². The molecule has 2 heterocycles. The summed E-state index contributed by atoms with van der Waals surface area (Å²) in [5, 5.41) is 2.71. The number of halogens is 2. The van der Waals surface area contributed by atoms with Gasteiger partial charge in [0.1, 0.15) is 17.9 Å². The van der Waals surface area contributed by atoms with Crippen LogP contribution in [-0.4, -0.2) is 55.1 Å². The first-order valence-electron chi connectivity index (χ1n) is 6.21. The lowest BCUT2D eigenvalue weighted by Gasteiger charge is -2.54. The molecule has 2 aliphatic heterocycles. The van der Waals surface area contributed by atoms with Crippen LogP contribution in [0.5, 0.6) is 0 Å². The van der Waals surface area contributed by atoms with E-state index in [4.69, 9.17) is 4.74 Å². The molecule has 2 fully saturated rings. The average molecular weight is 262 g/mol. The van der Waals surface area contributed by atoms with Crippen LogP contribution < -0.4 is 5.32 Å². The second-order valence-corrected chi connectivity index (χ2v) is 6.16. The highest BCUT2D eigenvalue weighted by Crippen LogP contribution is 2.42. The number of ether oxygens (including phenoxy) is 1. The number of hydrogen-bond acceptors (Lipinski definition) is 3. The largest absolute Gasteiger partial charge is 0.444 e. The maximum absolute atomic E-state index is 13.8. The number of amides is 1. The number of rotatable bonds is 0. The van der Waals surface area contributed by atoms with Gasteiger partial charge in [0, 0.05) is 26.2 Å². The molecule has 0 radical (unpaired) electrons. The third kappa shape index (κ3) is 2.30. The molecule has 104 valence electrons. The highest BCUT2D eigenvalue weighted by atomic mass is 19.1. The summed E-state index contributed by atoms with van der Waals surface area (Å²) in [7, 11) is 0. The summed E-state index contributed by atoms with van der Waals surface area (Å²) in [5.74, 6) is 0. The number of carbonyl (C=O) groups is 1. The van der Waals surface area contributed by atoms with Crippen LogP contribution in [0.25, 0.3) is 0 Å². The van der Waals surface area contributed by atoms with Crippen LogP contribution in [0.4, 0.5) is 13.6 Å². The van der Waals surface area contributed by atoms with Crippen molar-refractivity contribution in [2.75, 3.05) is 26.2 Å². The minimum absolute atomic E-state index is 0.103. The van der Waals surface area contributed by atoms with Crippen LogP contribution in [0.2, 0.25) is 0 Å². The minimum Gasteiger partial charge on any atom is -0.444 e. The Balaban J connectivity index is 1.94. The molecule has 2 aliphatic rings. The van der Waals surface area contributed by atoms with Crippen LogP contribution in [0, 0.1) is 5.41 Å². The second kappa shape index (κ2) is 4.33. The van der Waals surface area contributed by atoms with E-state index in [1.807, 2.05) is 0 Å². The number of piperidine rings is 1. The Hall–Kier alpha value is -0.910. The molecular formula is C12H20F2N2O2. The quantitative estimate of drug-likeness (QED) is 0.719. The van der Waals surface area contributed by atoms with E-state index in [-0.39, 0.29) is 26.2 Å². The van der Waals surface area contributed by atoms with E-state index in [1.165, 1.54) is 4.90 Å². The molecule has 1 amide bonds. The summed E-state index contributed by atoms with van der Waals surface area (Å²) in [4.78, 5) is 13.1. The first kappa shape index (κ1) is 13.5. The highest BCUT2D eigenvalue weighted by Gasteiger charge is 2.58. The molecule has 2 rings (SSSR count). The Morgan fingerprint density at radius 2 is 1.78 bits per heavy atom. The zero-order chi connectivity index (χ0) is 13.6. The van der Waals surface area contributed by atoms with Gasteiger partial charge in [-0.1, -0.05) is 0 Å². The minimum atomic E-state index is -1.25. The van der Waals surface area contributed by atoms with E-state index in [0.29, 0.717) is 0 Å². The molecule has 0 aliphatic carbocycles. The smallest absolute Gasteiger partial charge is 0.410 e. The molecule has 2 saturated heterocycles. The molecule has 0 bridgehead atoms. The number of nitrogens with one attached hydrogen (secondary N) is 1. The number of hydrogen-bond donors (Lipinski definition) is 1.